The summed E-state index contributed by atoms with van der Waals surface area (Å²) in [5.74, 6) is -1.16. The molecular weight excluding hydrogens is 459 g/mol. The summed E-state index contributed by atoms with van der Waals surface area (Å²) in [5.41, 5.74) is 0. The van der Waals surface area contributed by atoms with Crippen LogP contribution in [0.3, 0.4) is 0 Å². The van der Waals surface area contributed by atoms with Crippen molar-refractivity contribution in [3.05, 3.63) is 29.8 Å². The molecule has 1 aliphatic heterocycles. The quantitative estimate of drug-likeness (QED) is 0.229. The third-order valence-electron chi connectivity index (χ3n) is 4.17. The number of carbonyl (C=O) groups excluding carboxylic acids is 1. The van der Waals surface area contributed by atoms with Crippen molar-refractivity contribution in [2.75, 3.05) is 40.4 Å². The van der Waals surface area contributed by atoms with Crippen LogP contribution in [0.25, 0.3) is 0 Å². The summed E-state index contributed by atoms with van der Waals surface area (Å²) in [7, 11) is 3.05. The molecule has 0 bridgehead atoms. The van der Waals surface area contributed by atoms with Gasteiger partial charge in [0, 0.05) is 26.2 Å². The molecule has 1 N–H and O–H groups in total. The number of nitrogens with zero attached hydrogens (tertiary/aromatic N) is 2. The standard InChI is InChI=1S/C17H23F2N3O3.HI/c1-11-9-22(10-13(11)16(23)24-3)17(20-2)21-6-7-25-12-4-5-14(18)15(19)8-12;/h4-5,8,11,13H,6-7,9-10H2,1-3H3,(H,20,21);1H. The first-order valence-electron chi connectivity index (χ1n) is 8.07. The van der Waals surface area contributed by atoms with Crippen molar-refractivity contribution < 1.29 is 23.0 Å². The summed E-state index contributed by atoms with van der Waals surface area (Å²) >= 11 is 0. The molecule has 146 valence electrons. The van der Waals surface area contributed by atoms with Crippen molar-refractivity contribution in [3.63, 3.8) is 0 Å². The van der Waals surface area contributed by atoms with Gasteiger partial charge in [-0.1, -0.05) is 6.92 Å². The number of halogens is 3. The molecule has 1 aromatic rings. The van der Waals surface area contributed by atoms with Crippen LogP contribution >= 0.6 is 24.0 Å². The minimum atomic E-state index is -0.943. The number of hydrogen-bond donors (Lipinski definition) is 1. The molecule has 2 unspecified atom stereocenters. The Morgan fingerprint density at radius 1 is 1.35 bits per heavy atom. The van der Waals surface area contributed by atoms with E-state index in [4.69, 9.17) is 9.47 Å². The van der Waals surface area contributed by atoms with Crippen LogP contribution in [0.5, 0.6) is 5.75 Å². The molecule has 1 fully saturated rings. The van der Waals surface area contributed by atoms with Crippen LogP contribution in [0.2, 0.25) is 0 Å². The van der Waals surface area contributed by atoms with Crippen molar-refractivity contribution in [2.45, 2.75) is 6.92 Å². The maximum atomic E-state index is 13.1. The number of benzene rings is 1. The van der Waals surface area contributed by atoms with E-state index in [0.717, 1.165) is 12.1 Å². The second-order valence-electron chi connectivity index (χ2n) is 5.91. The molecule has 0 radical (unpaired) electrons. The van der Waals surface area contributed by atoms with E-state index in [1.165, 1.54) is 13.2 Å². The van der Waals surface area contributed by atoms with E-state index in [1.807, 2.05) is 11.8 Å². The first-order chi connectivity index (χ1) is 12.0. The summed E-state index contributed by atoms with van der Waals surface area (Å²) in [6, 6.07) is 3.40. The Bertz CT molecular complexity index is 646. The van der Waals surface area contributed by atoms with E-state index in [9.17, 15) is 13.6 Å². The molecule has 0 spiro atoms. The van der Waals surface area contributed by atoms with Crippen LogP contribution in [0, 0.1) is 23.5 Å². The van der Waals surface area contributed by atoms with E-state index < -0.39 is 11.6 Å². The average molecular weight is 483 g/mol. The van der Waals surface area contributed by atoms with Crippen molar-refractivity contribution in [2.24, 2.45) is 16.8 Å². The summed E-state index contributed by atoms with van der Waals surface area (Å²) < 4.78 is 36.2. The summed E-state index contributed by atoms with van der Waals surface area (Å²) in [4.78, 5) is 18.0. The van der Waals surface area contributed by atoms with Gasteiger partial charge in [-0.25, -0.2) is 8.78 Å². The fourth-order valence-corrected chi connectivity index (χ4v) is 2.83. The second kappa shape index (κ2) is 10.5. The summed E-state index contributed by atoms with van der Waals surface area (Å²) in [6.07, 6.45) is 0. The minimum absolute atomic E-state index is 0. The maximum Gasteiger partial charge on any atom is 0.310 e. The number of nitrogens with one attached hydrogen (secondary N) is 1. The van der Waals surface area contributed by atoms with E-state index in [-0.39, 0.29) is 54.1 Å². The van der Waals surface area contributed by atoms with Crippen LogP contribution in [0.4, 0.5) is 8.78 Å². The molecule has 1 heterocycles. The van der Waals surface area contributed by atoms with Crippen molar-refractivity contribution >= 4 is 35.9 Å². The molecule has 1 aromatic carbocycles. The third kappa shape index (κ3) is 5.68. The highest BCUT2D eigenvalue weighted by molar-refractivity contribution is 14.0. The molecule has 0 amide bonds. The molecule has 0 saturated carbocycles. The fourth-order valence-electron chi connectivity index (χ4n) is 2.83. The molecule has 9 heteroatoms. The fraction of sp³-hybridized carbons (Fsp3) is 0.529. The Hall–Kier alpha value is -1.65. The van der Waals surface area contributed by atoms with E-state index in [2.05, 4.69) is 10.3 Å². The van der Waals surface area contributed by atoms with Crippen LogP contribution in [-0.2, 0) is 9.53 Å². The highest BCUT2D eigenvalue weighted by Gasteiger charge is 2.36. The van der Waals surface area contributed by atoms with Gasteiger partial charge in [-0.15, -0.1) is 24.0 Å². The highest BCUT2D eigenvalue weighted by atomic mass is 127. The molecule has 6 nitrogen and oxygen atoms in total. The molecule has 0 aromatic heterocycles. The van der Waals surface area contributed by atoms with Crippen LogP contribution in [-0.4, -0.2) is 57.2 Å². The predicted molar refractivity (Wildman–Crippen MR) is 105 cm³/mol. The number of rotatable bonds is 5. The van der Waals surface area contributed by atoms with Gasteiger partial charge in [0.2, 0.25) is 0 Å². The second-order valence-corrected chi connectivity index (χ2v) is 5.91. The van der Waals surface area contributed by atoms with Crippen molar-refractivity contribution in [1.82, 2.24) is 10.2 Å². The lowest BCUT2D eigenvalue weighted by Gasteiger charge is -2.21. The first kappa shape index (κ1) is 22.4. The normalized spacial score (nSPS) is 19.7. The molecule has 2 atom stereocenters. The Morgan fingerprint density at radius 3 is 2.69 bits per heavy atom. The first-order valence-corrected chi connectivity index (χ1v) is 8.07. The van der Waals surface area contributed by atoms with Crippen molar-refractivity contribution in [3.8, 4) is 5.75 Å². The number of aliphatic imine (C=N–C) groups is 1. The number of carbonyl (C=O) groups is 1. The summed E-state index contributed by atoms with van der Waals surface area (Å²) in [6.45, 7) is 3.93. The van der Waals surface area contributed by atoms with Gasteiger partial charge in [0.15, 0.2) is 17.6 Å². The number of hydrogen-bond acceptors (Lipinski definition) is 4. The lowest BCUT2D eigenvalue weighted by atomic mass is 9.99. The Balaban J connectivity index is 0.00000338. The lowest BCUT2D eigenvalue weighted by molar-refractivity contribution is -0.145. The van der Waals surface area contributed by atoms with Crippen LogP contribution < -0.4 is 10.1 Å². The van der Waals surface area contributed by atoms with Crippen LogP contribution in [0.15, 0.2) is 23.2 Å². The molecule has 0 aliphatic carbocycles. The molecule has 1 saturated heterocycles. The number of ether oxygens (including phenoxy) is 2. The smallest absolute Gasteiger partial charge is 0.310 e. The largest absolute Gasteiger partial charge is 0.492 e. The highest BCUT2D eigenvalue weighted by Crippen LogP contribution is 2.24. The van der Waals surface area contributed by atoms with Gasteiger partial charge >= 0.3 is 5.97 Å². The van der Waals surface area contributed by atoms with Gasteiger partial charge in [-0.05, 0) is 18.1 Å². The van der Waals surface area contributed by atoms with Gasteiger partial charge in [-0.2, -0.15) is 0 Å². The monoisotopic (exact) mass is 483 g/mol. The number of esters is 1. The minimum Gasteiger partial charge on any atom is -0.492 e. The zero-order valence-electron chi connectivity index (χ0n) is 15.0. The average Bonchev–Trinajstić information content (AvgIpc) is 2.99. The van der Waals surface area contributed by atoms with Gasteiger partial charge in [-0.3, -0.25) is 9.79 Å². The molecule has 2 rings (SSSR count). The Kier molecular flexibility index (Phi) is 9.03. The SMILES string of the molecule is CN=C(NCCOc1ccc(F)c(F)c1)N1CC(C)C(C(=O)OC)C1.I. The van der Waals surface area contributed by atoms with Gasteiger partial charge in [0.25, 0.3) is 0 Å². The molecule has 1 aliphatic rings. The zero-order chi connectivity index (χ0) is 18.4. The Labute approximate surface area is 169 Å². The van der Waals surface area contributed by atoms with E-state index in [0.29, 0.717) is 25.6 Å². The predicted octanol–water partition coefficient (Wildman–Crippen LogP) is 2.28. The van der Waals surface area contributed by atoms with Gasteiger partial charge < -0.3 is 19.7 Å². The van der Waals surface area contributed by atoms with Crippen molar-refractivity contribution in [1.29, 1.82) is 0 Å². The molecular formula is C17H24F2IN3O3. The number of likely N-dealkylation sites (tertiary alicyclic amines) is 1. The Morgan fingerprint density at radius 2 is 2.08 bits per heavy atom. The summed E-state index contributed by atoms with van der Waals surface area (Å²) in [5, 5.41) is 3.14. The van der Waals surface area contributed by atoms with Gasteiger partial charge in [0.1, 0.15) is 12.4 Å². The molecule has 26 heavy (non-hydrogen) atoms. The van der Waals surface area contributed by atoms with Gasteiger partial charge in [0.05, 0.1) is 19.6 Å². The number of methoxy groups -OCH3 is 1. The lowest BCUT2D eigenvalue weighted by Crippen LogP contribution is -2.42. The van der Waals surface area contributed by atoms with E-state index in [1.54, 1.807) is 7.05 Å². The van der Waals surface area contributed by atoms with E-state index >= 15 is 0 Å². The zero-order valence-corrected chi connectivity index (χ0v) is 17.3. The van der Waals surface area contributed by atoms with Crippen LogP contribution in [0.1, 0.15) is 6.92 Å². The maximum absolute atomic E-state index is 13.1. The number of guanidine groups is 1. The third-order valence-corrected chi connectivity index (χ3v) is 4.17. The topological polar surface area (TPSA) is 63.2 Å².